The number of nitrogens with one attached hydrogen (secondary N) is 1. The van der Waals surface area contributed by atoms with Crippen LogP contribution in [0.25, 0.3) is 11.4 Å². The molecule has 1 atom stereocenters. The number of aromatic nitrogens is 3. The predicted molar refractivity (Wildman–Crippen MR) is 69.4 cm³/mol. The lowest BCUT2D eigenvalue weighted by Gasteiger charge is -2.21. The fraction of sp³-hybridized carbons (Fsp3) is 0.417. The van der Waals surface area contributed by atoms with Crippen LogP contribution >= 0.6 is 11.3 Å². The van der Waals surface area contributed by atoms with Crippen LogP contribution in [0.4, 0.5) is 0 Å². The Labute approximate surface area is 109 Å². The number of nitrogens with zero attached hydrogens (tertiary/aromatic N) is 3. The van der Waals surface area contributed by atoms with E-state index in [1.54, 1.807) is 23.7 Å². The van der Waals surface area contributed by atoms with Gasteiger partial charge in [0.15, 0.2) is 0 Å². The van der Waals surface area contributed by atoms with Crippen LogP contribution < -0.4 is 5.32 Å². The highest BCUT2D eigenvalue weighted by molar-refractivity contribution is 7.10. The molecule has 3 heterocycles. The minimum Gasteiger partial charge on any atom is -0.368 e. The van der Waals surface area contributed by atoms with E-state index in [-0.39, 0.29) is 6.10 Å². The number of morpholine rings is 1. The van der Waals surface area contributed by atoms with E-state index in [4.69, 9.17) is 4.74 Å². The molecule has 0 spiro atoms. The van der Waals surface area contributed by atoms with E-state index in [2.05, 4.69) is 20.3 Å². The number of rotatable bonds is 2. The van der Waals surface area contributed by atoms with Gasteiger partial charge in [0.2, 0.25) is 0 Å². The minimum absolute atomic E-state index is 0.0643. The Hall–Kier alpha value is -1.37. The molecule has 0 saturated carbocycles. The van der Waals surface area contributed by atoms with Gasteiger partial charge in [-0.3, -0.25) is 9.97 Å². The van der Waals surface area contributed by atoms with E-state index in [0.717, 1.165) is 41.8 Å². The van der Waals surface area contributed by atoms with E-state index in [0.29, 0.717) is 0 Å². The summed E-state index contributed by atoms with van der Waals surface area (Å²) in [7, 11) is 0. The van der Waals surface area contributed by atoms with Crippen LogP contribution in [0.2, 0.25) is 0 Å². The molecule has 0 radical (unpaired) electrons. The van der Waals surface area contributed by atoms with Crippen molar-refractivity contribution in [3.63, 3.8) is 0 Å². The Morgan fingerprint density at radius 1 is 1.39 bits per heavy atom. The lowest BCUT2D eigenvalue weighted by molar-refractivity contribution is 0.0276. The van der Waals surface area contributed by atoms with Crippen molar-refractivity contribution in [1.82, 2.24) is 20.3 Å². The summed E-state index contributed by atoms with van der Waals surface area (Å²) in [6.45, 7) is 4.42. The van der Waals surface area contributed by atoms with Crippen molar-refractivity contribution in [1.29, 1.82) is 0 Å². The van der Waals surface area contributed by atoms with Gasteiger partial charge in [-0.05, 0) is 6.92 Å². The first-order valence-electron chi connectivity index (χ1n) is 5.90. The zero-order valence-electron chi connectivity index (χ0n) is 10.1. The predicted octanol–water partition coefficient (Wildman–Crippen LogP) is 1.57. The van der Waals surface area contributed by atoms with Crippen molar-refractivity contribution in [2.24, 2.45) is 0 Å². The summed E-state index contributed by atoms with van der Waals surface area (Å²) in [6, 6.07) is 0. The van der Waals surface area contributed by atoms with Gasteiger partial charge >= 0.3 is 0 Å². The van der Waals surface area contributed by atoms with Gasteiger partial charge < -0.3 is 10.1 Å². The van der Waals surface area contributed by atoms with Gasteiger partial charge in [0.25, 0.3) is 0 Å². The normalized spacial score (nSPS) is 19.9. The van der Waals surface area contributed by atoms with Crippen LogP contribution in [-0.4, -0.2) is 34.6 Å². The van der Waals surface area contributed by atoms with Crippen LogP contribution in [-0.2, 0) is 4.74 Å². The van der Waals surface area contributed by atoms with E-state index in [1.807, 2.05) is 12.3 Å². The molecule has 0 aliphatic carbocycles. The average Bonchev–Trinajstić information content (AvgIpc) is 2.90. The molecule has 0 bridgehead atoms. The molecular formula is C12H14N4OS. The lowest BCUT2D eigenvalue weighted by atomic mass is 10.2. The fourth-order valence-electron chi connectivity index (χ4n) is 1.93. The average molecular weight is 262 g/mol. The zero-order valence-corrected chi connectivity index (χ0v) is 10.9. The largest absolute Gasteiger partial charge is 0.368 e. The minimum atomic E-state index is 0.0643. The van der Waals surface area contributed by atoms with Gasteiger partial charge in [-0.2, -0.15) is 0 Å². The number of aryl methyl sites for hydroxylation is 1. The monoisotopic (exact) mass is 262 g/mol. The van der Waals surface area contributed by atoms with Crippen LogP contribution in [0.3, 0.4) is 0 Å². The first kappa shape index (κ1) is 11.7. The molecule has 2 aromatic rings. The van der Waals surface area contributed by atoms with Gasteiger partial charge in [0.1, 0.15) is 22.5 Å². The number of ether oxygens (including phenoxy) is 1. The van der Waals surface area contributed by atoms with Crippen LogP contribution in [0.5, 0.6) is 0 Å². The van der Waals surface area contributed by atoms with Gasteiger partial charge in [-0.15, -0.1) is 11.3 Å². The fourth-order valence-corrected chi connectivity index (χ4v) is 2.78. The van der Waals surface area contributed by atoms with Crippen molar-refractivity contribution in [2.75, 3.05) is 19.7 Å². The van der Waals surface area contributed by atoms with E-state index in [1.165, 1.54) is 0 Å². The second-order valence-electron chi connectivity index (χ2n) is 4.12. The van der Waals surface area contributed by atoms with Crippen molar-refractivity contribution >= 4 is 11.3 Å². The van der Waals surface area contributed by atoms with Crippen LogP contribution in [0.1, 0.15) is 16.8 Å². The third-order valence-corrected chi connectivity index (χ3v) is 3.79. The molecule has 1 N–H and O–H groups in total. The number of hydrogen-bond donors (Lipinski definition) is 1. The van der Waals surface area contributed by atoms with Crippen molar-refractivity contribution < 1.29 is 4.74 Å². The summed E-state index contributed by atoms with van der Waals surface area (Å²) in [6.07, 6.45) is 3.45. The molecule has 0 aromatic carbocycles. The van der Waals surface area contributed by atoms with Crippen LogP contribution in [0, 0.1) is 6.92 Å². The maximum atomic E-state index is 5.69. The Morgan fingerprint density at radius 3 is 3.06 bits per heavy atom. The maximum Gasteiger partial charge on any atom is 0.124 e. The van der Waals surface area contributed by atoms with Crippen molar-refractivity contribution in [2.45, 2.75) is 13.0 Å². The highest BCUT2D eigenvalue weighted by Crippen LogP contribution is 2.27. The van der Waals surface area contributed by atoms with Gasteiger partial charge in [0, 0.05) is 30.9 Å². The molecule has 2 aromatic heterocycles. The molecular weight excluding hydrogens is 248 g/mol. The Bertz CT molecular complexity index is 536. The van der Waals surface area contributed by atoms with Gasteiger partial charge in [-0.25, -0.2) is 4.98 Å². The molecule has 1 saturated heterocycles. The second kappa shape index (κ2) is 5.09. The summed E-state index contributed by atoms with van der Waals surface area (Å²) in [4.78, 5) is 13.2. The van der Waals surface area contributed by atoms with Gasteiger partial charge in [0.05, 0.1) is 12.3 Å². The molecule has 6 heteroatoms. The molecule has 94 valence electrons. The first-order chi connectivity index (χ1) is 8.84. The molecule has 18 heavy (non-hydrogen) atoms. The lowest BCUT2D eigenvalue weighted by Crippen LogP contribution is -2.33. The topological polar surface area (TPSA) is 59.9 Å². The summed E-state index contributed by atoms with van der Waals surface area (Å²) in [5, 5.41) is 6.33. The summed E-state index contributed by atoms with van der Waals surface area (Å²) in [5.74, 6) is 0. The number of hydrogen-bond acceptors (Lipinski definition) is 6. The summed E-state index contributed by atoms with van der Waals surface area (Å²) >= 11 is 1.62. The Morgan fingerprint density at radius 2 is 2.28 bits per heavy atom. The van der Waals surface area contributed by atoms with E-state index in [9.17, 15) is 0 Å². The molecule has 1 unspecified atom stereocenters. The third-order valence-electron chi connectivity index (χ3n) is 2.85. The molecule has 0 amide bonds. The SMILES string of the molecule is Cc1nccnc1-c1csc(C2CNCCO2)n1. The first-order valence-corrected chi connectivity index (χ1v) is 6.78. The zero-order chi connectivity index (χ0) is 12.4. The third kappa shape index (κ3) is 2.27. The van der Waals surface area contributed by atoms with Crippen molar-refractivity contribution in [3.05, 3.63) is 28.5 Å². The van der Waals surface area contributed by atoms with Crippen LogP contribution in [0.15, 0.2) is 17.8 Å². The summed E-state index contributed by atoms with van der Waals surface area (Å²) < 4.78 is 5.69. The highest BCUT2D eigenvalue weighted by Gasteiger charge is 2.20. The Balaban J connectivity index is 1.87. The molecule has 1 aliphatic heterocycles. The smallest absolute Gasteiger partial charge is 0.124 e. The Kier molecular flexibility index (Phi) is 3.31. The molecule has 1 aliphatic rings. The standard InChI is InChI=1S/C12H14N4OS/c1-8-11(15-3-2-14-8)9-7-18-12(16-9)10-6-13-4-5-17-10/h2-3,7,10,13H,4-6H2,1H3. The van der Waals surface area contributed by atoms with Crippen molar-refractivity contribution in [3.8, 4) is 11.4 Å². The summed E-state index contributed by atoms with van der Waals surface area (Å²) in [5.41, 5.74) is 2.63. The maximum absolute atomic E-state index is 5.69. The molecule has 1 fully saturated rings. The molecule has 3 rings (SSSR count). The highest BCUT2D eigenvalue weighted by atomic mass is 32.1. The van der Waals surface area contributed by atoms with E-state index < -0.39 is 0 Å². The van der Waals surface area contributed by atoms with Gasteiger partial charge in [-0.1, -0.05) is 0 Å². The number of thiazole rings is 1. The quantitative estimate of drug-likeness (QED) is 0.890. The van der Waals surface area contributed by atoms with E-state index >= 15 is 0 Å². The second-order valence-corrected chi connectivity index (χ2v) is 5.01. The molecule has 5 nitrogen and oxygen atoms in total.